The number of ether oxygens (including phenoxy) is 3. The number of rotatable bonds is 5. The summed E-state index contributed by atoms with van der Waals surface area (Å²) in [6, 6.07) is 9.79. The normalized spacial score (nSPS) is 10.9. The van der Waals surface area contributed by atoms with Crippen LogP contribution in [0.2, 0.25) is 0 Å². The van der Waals surface area contributed by atoms with E-state index in [2.05, 4.69) is 15.2 Å². The van der Waals surface area contributed by atoms with Crippen LogP contribution in [0.4, 0.5) is 0 Å². The number of hydrogen-bond donors (Lipinski definition) is 1. The van der Waals surface area contributed by atoms with E-state index in [1.165, 1.54) is 0 Å². The van der Waals surface area contributed by atoms with Crippen molar-refractivity contribution >= 4 is 11.0 Å². The van der Waals surface area contributed by atoms with Crippen LogP contribution in [0, 0.1) is 13.8 Å². The predicted octanol–water partition coefficient (Wildman–Crippen LogP) is 4.33. The van der Waals surface area contributed by atoms with Gasteiger partial charge in [0.15, 0.2) is 17.1 Å². The first-order valence-corrected chi connectivity index (χ1v) is 9.15. The lowest BCUT2D eigenvalue weighted by atomic mass is 10.0. The standard InChI is InChI=1S/C22H22N4O3/c1-12-6-8-16(23-11-12)15-10-17(24-22-19(15)13(2)25-26-22)14-7-9-18(27-3)21(29-5)20(14)28-4/h6-11H,1-5H3,(H,24,25,26). The van der Waals surface area contributed by atoms with Crippen molar-refractivity contribution in [2.24, 2.45) is 0 Å². The molecular formula is C22H22N4O3. The molecule has 1 N–H and O–H groups in total. The minimum absolute atomic E-state index is 0.516. The van der Waals surface area contributed by atoms with E-state index in [1.54, 1.807) is 21.3 Å². The summed E-state index contributed by atoms with van der Waals surface area (Å²) >= 11 is 0. The zero-order chi connectivity index (χ0) is 20.5. The second-order valence-electron chi connectivity index (χ2n) is 6.70. The Labute approximate surface area is 168 Å². The molecular weight excluding hydrogens is 368 g/mol. The van der Waals surface area contributed by atoms with E-state index in [9.17, 15) is 0 Å². The van der Waals surface area contributed by atoms with Crippen LogP contribution in [0.5, 0.6) is 17.2 Å². The molecule has 0 bridgehead atoms. The number of nitrogens with zero attached hydrogens (tertiary/aromatic N) is 3. The predicted molar refractivity (Wildman–Crippen MR) is 112 cm³/mol. The fourth-order valence-electron chi connectivity index (χ4n) is 3.45. The van der Waals surface area contributed by atoms with E-state index in [-0.39, 0.29) is 0 Å². The molecule has 0 unspecified atom stereocenters. The van der Waals surface area contributed by atoms with Crippen LogP contribution in [0.15, 0.2) is 36.5 Å². The number of aromatic amines is 1. The first-order chi connectivity index (χ1) is 14.1. The van der Waals surface area contributed by atoms with Gasteiger partial charge in [-0.1, -0.05) is 6.07 Å². The van der Waals surface area contributed by atoms with Gasteiger partial charge in [0.2, 0.25) is 5.75 Å². The number of methoxy groups -OCH3 is 3. The number of aryl methyl sites for hydroxylation is 2. The quantitative estimate of drug-likeness (QED) is 0.546. The number of nitrogens with one attached hydrogen (secondary N) is 1. The minimum atomic E-state index is 0.516. The number of aromatic nitrogens is 4. The molecule has 0 amide bonds. The maximum absolute atomic E-state index is 5.65. The smallest absolute Gasteiger partial charge is 0.203 e. The fraction of sp³-hybridized carbons (Fsp3) is 0.227. The minimum Gasteiger partial charge on any atom is -0.493 e. The monoisotopic (exact) mass is 390 g/mol. The van der Waals surface area contributed by atoms with Gasteiger partial charge in [-0.15, -0.1) is 0 Å². The molecule has 0 atom stereocenters. The number of pyridine rings is 2. The average molecular weight is 390 g/mol. The van der Waals surface area contributed by atoms with Crippen LogP contribution in [0.25, 0.3) is 33.5 Å². The third-order valence-electron chi connectivity index (χ3n) is 4.87. The SMILES string of the molecule is COc1ccc(-c2cc(-c3ccc(C)cn3)c3c(C)[nH]nc3n2)c(OC)c1OC. The molecule has 0 aliphatic heterocycles. The van der Waals surface area contributed by atoms with Gasteiger partial charge in [-0.25, -0.2) is 4.98 Å². The Morgan fingerprint density at radius 1 is 0.828 bits per heavy atom. The molecule has 0 saturated heterocycles. The van der Waals surface area contributed by atoms with Gasteiger partial charge in [-0.05, 0) is 43.7 Å². The van der Waals surface area contributed by atoms with E-state index in [4.69, 9.17) is 19.2 Å². The van der Waals surface area contributed by atoms with Crippen molar-refractivity contribution in [3.8, 4) is 39.8 Å². The number of fused-ring (bicyclic) bond motifs is 1. The second kappa shape index (κ2) is 7.43. The van der Waals surface area contributed by atoms with Gasteiger partial charge < -0.3 is 14.2 Å². The Morgan fingerprint density at radius 2 is 1.62 bits per heavy atom. The van der Waals surface area contributed by atoms with Gasteiger partial charge in [0.25, 0.3) is 0 Å². The molecule has 0 aliphatic rings. The summed E-state index contributed by atoms with van der Waals surface area (Å²) in [5, 5.41) is 8.36. The molecule has 0 fully saturated rings. The molecule has 0 radical (unpaired) electrons. The Kier molecular flexibility index (Phi) is 4.80. The van der Waals surface area contributed by atoms with Crippen molar-refractivity contribution in [1.29, 1.82) is 0 Å². The summed E-state index contributed by atoms with van der Waals surface area (Å²) in [5.74, 6) is 1.65. The number of hydrogen-bond acceptors (Lipinski definition) is 6. The van der Waals surface area contributed by atoms with E-state index >= 15 is 0 Å². The van der Waals surface area contributed by atoms with Crippen LogP contribution in [0.1, 0.15) is 11.3 Å². The molecule has 4 aromatic rings. The van der Waals surface area contributed by atoms with Crippen LogP contribution < -0.4 is 14.2 Å². The Hall–Kier alpha value is -3.61. The van der Waals surface area contributed by atoms with E-state index < -0.39 is 0 Å². The highest BCUT2D eigenvalue weighted by molar-refractivity contribution is 5.96. The molecule has 0 aliphatic carbocycles. The molecule has 1 aromatic carbocycles. The molecule has 148 valence electrons. The first kappa shape index (κ1) is 18.7. The molecule has 29 heavy (non-hydrogen) atoms. The maximum Gasteiger partial charge on any atom is 0.203 e. The Balaban J connectivity index is 2.00. The summed E-state index contributed by atoms with van der Waals surface area (Å²) in [4.78, 5) is 9.38. The number of benzene rings is 1. The lowest BCUT2D eigenvalue weighted by Gasteiger charge is -2.16. The highest BCUT2D eigenvalue weighted by atomic mass is 16.5. The lowest BCUT2D eigenvalue weighted by molar-refractivity contribution is 0.325. The molecule has 3 aromatic heterocycles. The third-order valence-corrected chi connectivity index (χ3v) is 4.87. The van der Waals surface area contributed by atoms with Gasteiger partial charge in [-0.3, -0.25) is 10.1 Å². The van der Waals surface area contributed by atoms with Gasteiger partial charge >= 0.3 is 0 Å². The van der Waals surface area contributed by atoms with E-state index in [1.807, 2.05) is 50.4 Å². The molecule has 0 saturated carbocycles. The maximum atomic E-state index is 5.65. The molecule has 4 rings (SSSR count). The molecule has 3 heterocycles. The van der Waals surface area contributed by atoms with Crippen molar-refractivity contribution < 1.29 is 14.2 Å². The Morgan fingerprint density at radius 3 is 2.28 bits per heavy atom. The van der Waals surface area contributed by atoms with Crippen LogP contribution in [-0.4, -0.2) is 41.5 Å². The van der Waals surface area contributed by atoms with Gasteiger partial charge in [0.1, 0.15) is 0 Å². The summed E-state index contributed by atoms with van der Waals surface area (Å²) in [7, 11) is 4.77. The molecule has 7 heteroatoms. The highest BCUT2D eigenvalue weighted by Crippen LogP contribution is 2.45. The van der Waals surface area contributed by atoms with Crippen molar-refractivity contribution in [3.63, 3.8) is 0 Å². The van der Waals surface area contributed by atoms with Crippen molar-refractivity contribution in [2.45, 2.75) is 13.8 Å². The van der Waals surface area contributed by atoms with Crippen LogP contribution >= 0.6 is 0 Å². The highest BCUT2D eigenvalue weighted by Gasteiger charge is 2.21. The third kappa shape index (κ3) is 3.14. The van der Waals surface area contributed by atoms with Gasteiger partial charge in [0.05, 0.1) is 38.1 Å². The van der Waals surface area contributed by atoms with Crippen molar-refractivity contribution in [2.75, 3.05) is 21.3 Å². The summed E-state index contributed by atoms with van der Waals surface area (Å²) < 4.78 is 16.6. The van der Waals surface area contributed by atoms with Crippen LogP contribution in [0.3, 0.4) is 0 Å². The van der Waals surface area contributed by atoms with Gasteiger partial charge in [0, 0.05) is 23.0 Å². The average Bonchev–Trinajstić information content (AvgIpc) is 3.13. The van der Waals surface area contributed by atoms with Crippen LogP contribution in [-0.2, 0) is 0 Å². The topological polar surface area (TPSA) is 82.2 Å². The zero-order valence-electron chi connectivity index (χ0n) is 17.0. The summed E-state index contributed by atoms with van der Waals surface area (Å²) in [5.41, 5.74) is 5.95. The zero-order valence-corrected chi connectivity index (χ0v) is 17.0. The van der Waals surface area contributed by atoms with Crippen molar-refractivity contribution in [3.05, 3.63) is 47.8 Å². The fourth-order valence-corrected chi connectivity index (χ4v) is 3.45. The lowest BCUT2D eigenvalue weighted by Crippen LogP contribution is -1.98. The largest absolute Gasteiger partial charge is 0.493 e. The van der Waals surface area contributed by atoms with E-state index in [0.29, 0.717) is 28.6 Å². The Bertz CT molecular complexity index is 1180. The van der Waals surface area contributed by atoms with Gasteiger partial charge in [-0.2, -0.15) is 5.10 Å². The second-order valence-corrected chi connectivity index (χ2v) is 6.70. The van der Waals surface area contributed by atoms with E-state index in [0.717, 1.165) is 33.5 Å². The number of H-pyrrole nitrogens is 1. The summed E-state index contributed by atoms with van der Waals surface area (Å²) in [6.07, 6.45) is 1.85. The molecule has 0 spiro atoms. The molecule has 7 nitrogen and oxygen atoms in total. The van der Waals surface area contributed by atoms with Crippen molar-refractivity contribution in [1.82, 2.24) is 20.2 Å². The first-order valence-electron chi connectivity index (χ1n) is 9.15. The summed E-state index contributed by atoms with van der Waals surface area (Å²) in [6.45, 7) is 3.99.